The van der Waals surface area contributed by atoms with Gasteiger partial charge in [0.2, 0.25) is 5.91 Å². The van der Waals surface area contributed by atoms with Gasteiger partial charge in [-0.3, -0.25) is 9.59 Å². The average molecular weight is 379 g/mol. The van der Waals surface area contributed by atoms with Crippen molar-refractivity contribution in [3.8, 4) is 0 Å². The number of carbonyl (C=O) groups excluding carboxylic acids is 1. The predicted molar refractivity (Wildman–Crippen MR) is 96.1 cm³/mol. The third-order valence-corrected chi connectivity index (χ3v) is 5.08. The Morgan fingerprint density at radius 2 is 1.58 bits per heavy atom. The molecule has 2 aromatic rings. The van der Waals surface area contributed by atoms with Crippen molar-refractivity contribution >= 4 is 23.6 Å². The van der Waals surface area contributed by atoms with Crippen LogP contribution in [0.5, 0.6) is 0 Å². The molecular formula is C19H19F2NO3S. The summed E-state index contributed by atoms with van der Waals surface area (Å²) in [5, 5.41) is 12.0. The molecule has 0 aliphatic heterocycles. The van der Waals surface area contributed by atoms with Crippen molar-refractivity contribution in [2.24, 2.45) is 5.92 Å². The van der Waals surface area contributed by atoms with Crippen molar-refractivity contribution in [2.75, 3.05) is 12.3 Å². The van der Waals surface area contributed by atoms with Crippen molar-refractivity contribution < 1.29 is 23.5 Å². The van der Waals surface area contributed by atoms with Gasteiger partial charge in [-0.1, -0.05) is 19.1 Å². The number of hydrogen-bond acceptors (Lipinski definition) is 3. The fourth-order valence-corrected chi connectivity index (χ4v) is 3.17. The number of aliphatic carboxylic acids is 1. The van der Waals surface area contributed by atoms with Gasteiger partial charge in [0.15, 0.2) is 0 Å². The Labute approximate surface area is 154 Å². The smallest absolute Gasteiger partial charge is 0.312 e. The molecule has 0 radical (unpaired) electrons. The summed E-state index contributed by atoms with van der Waals surface area (Å²) >= 11 is 1.42. The SMILES string of the molecule is CC(CSc1ccc(F)cc1)C(=O)NCC(C(=O)O)c1ccc(F)cc1. The second-order valence-electron chi connectivity index (χ2n) is 5.85. The maximum absolute atomic E-state index is 13.0. The van der Waals surface area contributed by atoms with E-state index in [9.17, 15) is 23.5 Å². The van der Waals surface area contributed by atoms with Crippen LogP contribution in [-0.4, -0.2) is 29.3 Å². The molecule has 0 saturated carbocycles. The zero-order chi connectivity index (χ0) is 19.1. The second kappa shape index (κ2) is 9.33. The Bertz CT molecular complexity index is 750. The number of carboxylic acids is 1. The first kappa shape index (κ1) is 19.9. The van der Waals surface area contributed by atoms with Gasteiger partial charge in [-0.25, -0.2) is 8.78 Å². The topological polar surface area (TPSA) is 66.4 Å². The second-order valence-corrected chi connectivity index (χ2v) is 6.95. The van der Waals surface area contributed by atoms with E-state index in [0.717, 1.165) is 4.90 Å². The van der Waals surface area contributed by atoms with Gasteiger partial charge in [-0.2, -0.15) is 0 Å². The van der Waals surface area contributed by atoms with Crippen molar-refractivity contribution in [1.29, 1.82) is 0 Å². The van der Waals surface area contributed by atoms with Crippen molar-refractivity contribution in [1.82, 2.24) is 5.32 Å². The van der Waals surface area contributed by atoms with Crippen LogP contribution in [0.4, 0.5) is 8.78 Å². The first-order valence-corrected chi connectivity index (χ1v) is 8.99. The highest BCUT2D eigenvalue weighted by atomic mass is 32.2. The number of amides is 1. The molecule has 0 aromatic heterocycles. The lowest BCUT2D eigenvalue weighted by Crippen LogP contribution is -2.35. The Morgan fingerprint density at radius 3 is 2.12 bits per heavy atom. The fourth-order valence-electron chi connectivity index (χ4n) is 2.25. The highest BCUT2D eigenvalue weighted by Crippen LogP contribution is 2.21. The van der Waals surface area contributed by atoms with Gasteiger partial charge >= 0.3 is 5.97 Å². The number of benzene rings is 2. The largest absolute Gasteiger partial charge is 0.481 e. The number of rotatable bonds is 8. The van der Waals surface area contributed by atoms with E-state index in [2.05, 4.69) is 5.32 Å². The van der Waals surface area contributed by atoms with Gasteiger partial charge in [0, 0.05) is 23.1 Å². The normalized spacial score (nSPS) is 13.0. The molecular weight excluding hydrogens is 360 g/mol. The maximum atomic E-state index is 13.0. The molecule has 2 aromatic carbocycles. The molecule has 0 bridgehead atoms. The van der Waals surface area contributed by atoms with E-state index in [4.69, 9.17) is 0 Å². The molecule has 2 unspecified atom stereocenters. The van der Waals surface area contributed by atoms with Gasteiger partial charge in [-0.05, 0) is 42.0 Å². The van der Waals surface area contributed by atoms with E-state index in [0.29, 0.717) is 11.3 Å². The minimum absolute atomic E-state index is 0.0780. The van der Waals surface area contributed by atoms with Crippen LogP contribution in [0.1, 0.15) is 18.4 Å². The molecule has 0 fully saturated rings. The molecule has 7 heteroatoms. The van der Waals surface area contributed by atoms with Crippen LogP contribution in [0, 0.1) is 17.6 Å². The Morgan fingerprint density at radius 1 is 1.04 bits per heavy atom. The summed E-state index contributed by atoms with van der Waals surface area (Å²) in [6, 6.07) is 11.2. The zero-order valence-corrected chi connectivity index (χ0v) is 14.9. The summed E-state index contributed by atoms with van der Waals surface area (Å²) < 4.78 is 25.9. The molecule has 0 spiro atoms. The summed E-state index contributed by atoms with van der Waals surface area (Å²) in [6.45, 7) is 1.66. The predicted octanol–water partition coefficient (Wildman–Crippen LogP) is 3.68. The Hall–Kier alpha value is -2.41. The van der Waals surface area contributed by atoms with Gasteiger partial charge in [0.1, 0.15) is 11.6 Å². The number of carboxylic acid groups (broad SMARTS) is 1. The average Bonchev–Trinajstić information content (AvgIpc) is 2.62. The summed E-state index contributed by atoms with van der Waals surface area (Å²) in [6.07, 6.45) is 0. The molecule has 0 saturated heterocycles. The quantitative estimate of drug-likeness (QED) is 0.687. The van der Waals surface area contributed by atoms with Crippen LogP contribution in [0.2, 0.25) is 0 Å². The molecule has 0 aliphatic carbocycles. The molecule has 4 nitrogen and oxygen atoms in total. The number of halogens is 2. The summed E-state index contributed by atoms with van der Waals surface area (Å²) in [5.74, 6) is -2.96. The summed E-state index contributed by atoms with van der Waals surface area (Å²) in [7, 11) is 0. The van der Waals surface area contributed by atoms with Crippen LogP contribution < -0.4 is 5.32 Å². The Balaban J connectivity index is 1.87. The zero-order valence-electron chi connectivity index (χ0n) is 14.1. The molecule has 0 heterocycles. The van der Waals surface area contributed by atoms with Gasteiger partial charge < -0.3 is 10.4 Å². The fraction of sp³-hybridized carbons (Fsp3) is 0.263. The molecule has 0 aliphatic rings. The number of thioether (sulfide) groups is 1. The highest BCUT2D eigenvalue weighted by molar-refractivity contribution is 7.99. The van der Waals surface area contributed by atoms with E-state index in [1.807, 2.05) is 0 Å². The first-order chi connectivity index (χ1) is 12.4. The van der Waals surface area contributed by atoms with Crippen molar-refractivity contribution in [3.05, 3.63) is 65.7 Å². The molecule has 2 rings (SSSR count). The lowest BCUT2D eigenvalue weighted by atomic mass is 9.99. The van der Waals surface area contributed by atoms with Crippen molar-refractivity contribution in [2.45, 2.75) is 17.7 Å². The van der Waals surface area contributed by atoms with Crippen molar-refractivity contribution in [3.63, 3.8) is 0 Å². The van der Waals surface area contributed by atoms with E-state index < -0.39 is 17.7 Å². The summed E-state index contributed by atoms with van der Waals surface area (Å²) in [4.78, 5) is 24.5. The van der Waals surface area contributed by atoms with Crippen LogP contribution in [0.15, 0.2) is 53.4 Å². The Kier molecular flexibility index (Phi) is 7.15. The van der Waals surface area contributed by atoms with Crippen LogP contribution in [0.3, 0.4) is 0 Å². The first-order valence-electron chi connectivity index (χ1n) is 8.01. The third kappa shape index (κ3) is 5.84. The number of carbonyl (C=O) groups is 2. The monoisotopic (exact) mass is 379 g/mol. The maximum Gasteiger partial charge on any atom is 0.312 e. The van der Waals surface area contributed by atoms with Crippen LogP contribution in [-0.2, 0) is 9.59 Å². The summed E-state index contributed by atoms with van der Waals surface area (Å²) in [5.41, 5.74) is 0.424. The molecule has 2 N–H and O–H groups in total. The van der Waals surface area contributed by atoms with E-state index in [1.165, 1.54) is 48.2 Å². The van der Waals surface area contributed by atoms with E-state index in [1.54, 1.807) is 19.1 Å². The van der Waals surface area contributed by atoms with Gasteiger partial charge in [0.25, 0.3) is 0 Å². The highest BCUT2D eigenvalue weighted by Gasteiger charge is 2.22. The lowest BCUT2D eigenvalue weighted by Gasteiger charge is -2.16. The van der Waals surface area contributed by atoms with Gasteiger partial charge in [-0.15, -0.1) is 11.8 Å². The number of hydrogen-bond donors (Lipinski definition) is 2. The van der Waals surface area contributed by atoms with E-state index >= 15 is 0 Å². The lowest BCUT2D eigenvalue weighted by molar-refractivity contribution is -0.138. The molecule has 26 heavy (non-hydrogen) atoms. The minimum Gasteiger partial charge on any atom is -0.481 e. The standard InChI is InChI=1S/C19H19F2NO3S/c1-12(11-26-16-8-6-15(21)7-9-16)18(23)22-10-17(19(24)25)13-2-4-14(20)5-3-13/h2-9,12,17H,10-11H2,1H3,(H,22,23)(H,24,25). The van der Waals surface area contributed by atoms with Crippen LogP contribution >= 0.6 is 11.8 Å². The van der Waals surface area contributed by atoms with Crippen LogP contribution in [0.25, 0.3) is 0 Å². The molecule has 138 valence electrons. The number of nitrogens with one attached hydrogen (secondary N) is 1. The van der Waals surface area contributed by atoms with Gasteiger partial charge in [0.05, 0.1) is 5.92 Å². The minimum atomic E-state index is -1.09. The molecule has 1 amide bonds. The van der Waals surface area contributed by atoms with E-state index in [-0.39, 0.29) is 24.2 Å². The molecule has 2 atom stereocenters. The third-order valence-electron chi connectivity index (χ3n) is 3.81.